The molecule has 0 unspecified atom stereocenters. The highest BCUT2D eigenvalue weighted by Gasteiger charge is 2.39. The molecular formula is C30H41ClN2O3. The summed E-state index contributed by atoms with van der Waals surface area (Å²) in [7, 11) is 1.59. The molecular weight excluding hydrogens is 472 g/mol. The predicted molar refractivity (Wildman–Crippen MR) is 148 cm³/mol. The van der Waals surface area contributed by atoms with E-state index in [4.69, 9.17) is 21.7 Å². The number of phenolic OH excluding ortho intramolecular Hbond substituents is 1. The molecule has 0 spiro atoms. The number of carbonyl (C=O) groups is 1. The molecule has 2 N–H and O–H groups in total. The van der Waals surface area contributed by atoms with Crippen LogP contribution in [0.1, 0.15) is 94.3 Å². The van der Waals surface area contributed by atoms with Crippen LogP contribution in [0, 0.1) is 11.3 Å². The molecule has 2 atom stereocenters. The largest absolute Gasteiger partial charge is 0.507 e. The van der Waals surface area contributed by atoms with E-state index in [1.54, 1.807) is 7.11 Å². The van der Waals surface area contributed by atoms with E-state index in [1.165, 1.54) is 0 Å². The monoisotopic (exact) mass is 512 g/mol. The molecule has 6 heteroatoms. The summed E-state index contributed by atoms with van der Waals surface area (Å²) in [5.41, 5.74) is 2.47. The van der Waals surface area contributed by atoms with Gasteiger partial charge in [0.25, 0.3) is 0 Å². The number of rotatable bonds is 7. The summed E-state index contributed by atoms with van der Waals surface area (Å²) in [6.45, 7) is 15.2. The van der Waals surface area contributed by atoms with E-state index in [-0.39, 0.29) is 40.7 Å². The van der Waals surface area contributed by atoms with E-state index in [0.29, 0.717) is 28.7 Å². The SMILES string of the molecule is CCC[C@H]1CN(CC(=O)c2cc(C(C)(C)C)c(O)c(C(C)(C)C)c2)C(=N)[C@@H]1c1ccc(OC)c(Cl)c1. The third-order valence-corrected chi connectivity index (χ3v) is 7.43. The van der Waals surface area contributed by atoms with Gasteiger partial charge in [-0.3, -0.25) is 10.2 Å². The van der Waals surface area contributed by atoms with Crippen molar-refractivity contribution in [2.45, 2.75) is 78.1 Å². The molecule has 1 aliphatic heterocycles. The standard InChI is InChI=1S/C30H41ClN2O3/c1-9-10-19-16-33(28(32)26(19)18-11-12-25(36-8)23(31)15-18)17-24(34)20-13-21(29(2,3)4)27(35)22(14-20)30(5,6)7/h11-15,19,26,32,35H,9-10,16-17H2,1-8H3/t19-,26+/m0/s1. The fourth-order valence-electron chi connectivity index (χ4n) is 5.19. The van der Waals surface area contributed by atoms with Crippen LogP contribution in [0.5, 0.6) is 11.5 Å². The zero-order chi connectivity index (χ0) is 27.0. The normalized spacial score (nSPS) is 18.6. The minimum absolute atomic E-state index is 0.0422. The van der Waals surface area contributed by atoms with Crippen LogP contribution in [0.3, 0.4) is 0 Å². The highest BCUT2D eigenvalue weighted by atomic mass is 35.5. The van der Waals surface area contributed by atoms with Crippen LogP contribution in [0.4, 0.5) is 0 Å². The molecule has 5 nitrogen and oxygen atoms in total. The van der Waals surface area contributed by atoms with Gasteiger partial charge in [0.05, 0.1) is 18.7 Å². The average Bonchev–Trinajstić information content (AvgIpc) is 3.07. The lowest BCUT2D eigenvalue weighted by atomic mass is 9.78. The van der Waals surface area contributed by atoms with E-state index in [9.17, 15) is 9.90 Å². The Morgan fingerprint density at radius 1 is 1.11 bits per heavy atom. The lowest BCUT2D eigenvalue weighted by molar-refractivity contribution is 0.0963. The van der Waals surface area contributed by atoms with Gasteiger partial charge in [-0.15, -0.1) is 0 Å². The van der Waals surface area contributed by atoms with Crippen molar-refractivity contribution in [2.75, 3.05) is 20.2 Å². The Kier molecular flexibility index (Phi) is 8.14. The molecule has 0 bridgehead atoms. The zero-order valence-corrected chi connectivity index (χ0v) is 23.7. The summed E-state index contributed by atoms with van der Waals surface area (Å²) in [6, 6.07) is 9.37. The highest BCUT2D eigenvalue weighted by molar-refractivity contribution is 6.32. The number of phenols is 1. The average molecular weight is 513 g/mol. The number of aromatic hydroxyl groups is 1. The molecule has 1 heterocycles. The summed E-state index contributed by atoms with van der Waals surface area (Å²) in [5, 5.41) is 20.6. The molecule has 0 aliphatic carbocycles. The van der Waals surface area contributed by atoms with Crippen LogP contribution in [0.25, 0.3) is 0 Å². The second-order valence-electron chi connectivity index (χ2n) is 12.0. The van der Waals surface area contributed by atoms with Gasteiger partial charge < -0.3 is 14.7 Å². The Balaban J connectivity index is 1.94. The maximum Gasteiger partial charge on any atom is 0.182 e. The molecule has 196 valence electrons. The van der Waals surface area contributed by atoms with E-state index in [1.807, 2.05) is 76.8 Å². The molecule has 0 aromatic heterocycles. The van der Waals surface area contributed by atoms with Gasteiger partial charge in [-0.25, -0.2) is 0 Å². The number of methoxy groups -OCH3 is 1. The number of likely N-dealkylation sites (tertiary alicyclic amines) is 1. The zero-order valence-electron chi connectivity index (χ0n) is 23.0. The Hall–Kier alpha value is -2.53. The van der Waals surface area contributed by atoms with Gasteiger partial charge in [0.1, 0.15) is 17.3 Å². The number of ether oxygens (including phenoxy) is 1. The molecule has 2 aromatic rings. The number of ketones is 1. The Morgan fingerprint density at radius 3 is 2.17 bits per heavy atom. The molecule has 1 fully saturated rings. The Labute approximate surface area is 221 Å². The van der Waals surface area contributed by atoms with Crippen molar-refractivity contribution < 1.29 is 14.6 Å². The van der Waals surface area contributed by atoms with Crippen LogP contribution < -0.4 is 4.74 Å². The van der Waals surface area contributed by atoms with Crippen LogP contribution >= 0.6 is 11.6 Å². The lowest BCUT2D eigenvalue weighted by Gasteiger charge is -2.28. The molecule has 1 aliphatic rings. The van der Waals surface area contributed by atoms with Gasteiger partial charge in [-0.1, -0.05) is 72.6 Å². The first-order valence-electron chi connectivity index (χ1n) is 12.8. The summed E-state index contributed by atoms with van der Waals surface area (Å²) in [4.78, 5) is 15.5. The number of amidine groups is 1. The first-order valence-corrected chi connectivity index (χ1v) is 13.1. The van der Waals surface area contributed by atoms with Crippen LogP contribution in [-0.4, -0.2) is 41.8 Å². The Bertz CT molecular complexity index is 1110. The smallest absolute Gasteiger partial charge is 0.182 e. The second kappa shape index (κ2) is 10.5. The number of Topliss-reactive ketones (excluding diaryl/α,β-unsaturated/α-hetero) is 1. The van der Waals surface area contributed by atoms with Crippen molar-refractivity contribution in [1.82, 2.24) is 4.90 Å². The number of hydrogen-bond acceptors (Lipinski definition) is 4. The number of nitrogens with zero attached hydrogens (tertiary/aromatic N) is 1. The molecule has 0 radical (unpaired) electrons. The summed E-state index contributed by atoms with van der Waals surface area (Å²) in [6.07, 6.45) is 1.96. The van der Waals surface area contributed by atoms with Gasteiger partial charge in [0.2, 0.25) is 0 Å². The van der Waals surface area contributed by atoms with Crippen molar-refractivity contribution in [1.29, 1.82) is 5.41 Å². The molecule has 36 heavy (non-hydrogen) atoms. The van der Waals surface area contributed by atoms with Crippen molar-refractivity contribution in [2.24, 2.45) is 5.92 Å². The number of carbonyl (C=O) groups excluding carboxylic acids is 1. The number of halogens is 1. The summed E-state index contributed by atoms with van der Waals surface area (Å²) in [5.74, 6) is 1.40. The molecule has 1 saturated heterocycles. The summed E-state index contributed by atoms with van der Waals surface area (Å²) < 4.78 is 5.30. The third kappa shape index (κ3) is 5.72. The van der Waals surface area contributed by atoms with Gasteiger partial charge >= 0.3 is 0 Å². The predicted octanol–water partition coefficient (Wildman–Crippen LogP) is 7.32. The van der Waals surface area contributed by atoms with Crippen molar-refractivity contribution in [3.8, 4) is 11.5 Å². The minimum Gasteiger partial charge on any atom is -0.507 e. The number of hydrogen-bond donors (Lipinski definition) is 2. The van der Waals surface area contributed by atoms with Gasteiger partial charge in [-0.05, 0) is 53.0 Å². The fourth-order valence-corrected chi connectivity index (χ4v) is 5.46. The van der Waals surface area contributed by atoms with E-state index in [0.717, 1.165) is 29.5 Å². The molecule has 0 amide bonds. The second-order valence-corrected chi connectivity index (χ2v) is 12.4. The maximum absolute atomic E-state index is 13.6. The van der Waals surface area contributed by atoms with E-state index < -0.39 is 0 Å². The first-order chi connectivity index (χ1) is 16.7. The number of nitrogens with one attached hydrogen (secondary N) is 1. The first kappa shape index (κ1) is 28.0. The van der Waals surface area contributed by atoms with Crippen molar-refractivity contribution in [3.05, 3.63) is 57.6 Å². The van der Waals surface area contributed by atoms with E-state index in [2.05, 4.69) is 6.92 Å². The van der Waals surface area contributed by atoms with E-state index >= 15 is 0 Å². The van der Waals surface area contributed by atoms with Gasteiger partial charge in [0, 0.05) is 29.2 Å². The summed E-state index contributed by atoms with van der Waals surface area (Å²) >= 11 is 6.41. The number of benzene rings is 2. The maximum atomic E-state index is 13.6. The third-order valence-electron chi connectivity index (χ3n) is 7.14. The molecule has 3 rings (SSSR count). The fraction of sp³-hybridized carbons (Fsp3) is 0.533. The topological polar surface area (TPSA) is 73.6 Å². The van der Waals surface area contributed by atoms with Crippen molar-refractivity contribution in [3.63, 3.8) is 0 Å². The van der Waals surface area contributed by atoms with Crippen LogP contribution in [0.15, 0.2) is 30.3 Å². The van der Waals surface area contributed by atoms with Crippen LogP contribution in [0.2, 0.25) is 5.02 Å². The van der Waals surface area contributed by atoms with Gasteiger partial charge in [-0.2, -0.15) is 0 Å². The lowest BCUT2D eigenvalue weighted by Crippen LogP contribution is -2.32. The molecule has 0 saturated carbocycles. The van der Waals surface area contributed by atoms with Gasteiger partial charge in [0.15, 0.2) is 5.78 Å². The molecule has 2 aromatic carbocycles. The Morgan fingerprint density at radius 2 is 1.69 bits per heavy atom. The quantitative estimate of drug-likeness (QED) is 0.381. The van der Waals surface area contributed by atoms with Crippen molar-refractivity contribution >= 4 is 23.2 Å². The minimum atomic E-state index is -0.314. The van der Waals surface area contributed by atoms with Crippen LogP contribution in [-0.2, 0) is 10.8 Å². The highest BCUT2D eigenvalue weighted by Crippen LogP contribution is 2.41.